The number of allylic oxidation sites excluding steroid dienone is 5. The molecular weight excluding hydrogens is 843 g/mol. The first-order valence-electron chi connectivity index (χ1n) is 24.9. The Hall–Kier alpha value is -1.97. The van der Waals surface area contributed by atoms with E-state index in [1.807, 2.05) is 0 Å². The molecule has 2 aliphatic rings. The van der Waals surface area contributed by atoms with Crippen LogP contribution in [0.1, 0.15) is 194 Å². The van der Waals surface area contributed by atoms with Gasteiger partial charge in [0.2, 0.25) is 0 Å². The van der Waals surface area contributed by atoms with Crippen LogP contribution in [0.4, 0.5) is 0 Å². The number of hydrogen-bond acceptors (Lipinski definition) is 13. The number of esters is 2. The average molecular weight is 931 g/mol. The van der Waals surface area contributed by atoms with Gasteiger partial charge in [0.1, 0.15) is 43.2 Å². The summed E-state index contributed by atoms with van der Waals surface area (Å²) in [4.78, 5) is 35.8. The van der Waals surface area contributed by atoms with Crippen LogP contribution in [0.25, 0.3) is 0 Å². The van der Waals surface area contributed by atoms with E-state index < -0.39 is 75.7 Å². The van der Waals surface area contributed by atoms with E-state index in [1.165, 1.54) is 70.6 Å². The molecule has 10 atom stereocenters. The number of rotatable bonds is 40. The van der Waals surface area contributed by atoms with E-state index in [2.05, 4.69) is 50.3 Å². The average Bonchev–Trinajstić information content (AvgIpc) is 4.03. The zero-order chi connectivity index (χ0) is 46.8. The van der Waals surface area contributed by atoms with Crippen molar-refractivity contribution in [2.45, 2.75) is 249 Å². The molecule has 0 aromatic rings. The lowest BCUT2D eigenvalue weighted by molar-refractivity contribution is -0.220. The molecule has 0 bridgehead atoms. The maximum absolute atomic E-state index is 12.8. The summed E-state index contributed by atoms with van der Waals surface area (Å²) in [7, 11) is -5.13. The topological polar surface area (TPSA) is 222 Å². The van der Waals surface area contributed by atoms with E-state index in [9.17, 15) is 44.6 Å². The smallest absolute Gasteiger partial charge is 0.462 e. The standard InChI is InChI=1S/C49H87O14P/c1-3-5-7-8-9-10-11-12-13-14-15-16-17-18-19-20-24-27-31-35-42(50)59-37-39(38-60-64(57,58)63-49-47(55)45(53)44(52)46(54)48(49)56)61-43(51)36-32-28-25-22-21-23-26-30-34-41-40(62-41)33-29-6-4-2/h9-10,12-13,26,30,39-41,44-49,52-56H,3-8,11,14-25,27-29,31-38H2,1-2H3,(H,57,58)/b10-9-,13-12-,30-26-/t39-,40?,41?,44?,45-,46+,47-,48-,49?/m1/s1. The van der Waals surface area contributed by atoms with E-state index >= 15 is 0 Å². The van der Waals surface area contributed by atoms with Gasteiger partial charge in [-0.1, -0.05) is 147 Å². The summed E-state index contributed by atoms with van der Waals surface area (Å²) in [6.45, 7) is 3.24. The summed E-state index contributed by atoms with van der Waals surface area (Å²) >= 11 is 0. The number of carbonyl (C=O) groups is 2. The third-order valence-electron chi connectivity index (χ3n) is 11.9. The van der Waals surface area contributed by atoms with Crippen LogP contribution in [0.2, 0.25) is 0 Å². The highest BCUT2D eigenvalue weighted by Crippen LogP contribution is 2.47. The third kappa shape index (κ3) is 27.6. The summed E-state index contributed by atoms with van der Waals surface area (Å²) in [6.07, 6.45) is 29.3. The second-order valence-corrected chi connectivity index (χ2v) is 19.1. The van der Waals surface area contributed by atoms with E-state index in [0.29, 0.717) is 25.0 Å². The minimum Gasteiger partial charge on any atom is -0.462 e. The van der Waals surface area contributed by atoms with Crippen molar-refractivity contribution in [2.24, 2.45) is 0 Å². The summed E-state index contributed by atoms with van der Waals surface area (Å²) in [5.74, 6) is -1.12. The Balaban J connectivity index is 1.67. The summed E-state index contributed by atoms with van der Waals surface area (Å²) in [5, 5.41) is 50.2. The maximum Gasteiger partial charge on any atom is 0.472 e. The molecule has 0 radical (unpaired) electrons. The Labute approximate surface area is 384 Å². The number of phosphoric acid groups is 1. The highest BCUT2D eigenvalue weighted by molar-refractivity contribution is 7.47. The Kier molecular flexibility index (Phi) is 32.8. The lowest BCUT2D eigenvalue weighted by Crippen LogP contribution is -2.64. The van der Waals surface area contributed by atoms with Gasteiger partial charge in [-0.15, -0.1) is 0 Å². The van der Waals surface area contributed by atoms with Gasteiger partial charge in [0.05, 0.1) is 18.8 Å². The van der Waals surface area contributed by atoms with Crippen molar-refractivity contribution in [3.8, 4) is 0 Å². The van der Waals surface area contributed by atoms with Crippen molar-refractivity contribution in [1.82, 2.24) is 0 Å². The normalized spacial score (nSPS) is 25.0. The zero-order valence-corrected chi connectivity index (χ0v) is 40.2. The van der Waals surface area contributed by atoms with E-state index in [-0.39, 0.29) is 12.8 Å². The first-order valence-corrected chi connectivity index (χ1v) is 26.4. The lowest BCUT2D eigenvalue weighted by Gasteiger charge is -2.41. The molecule has 15 heteroatoms. The fraction of sp³-hybridized carbons (Fsp3) is 0.837. The SMILES string of the molecule is CCCCC/C=C\C/C=C\CCCCCCCCCCCC(=O)OC[C@H](COP(=O)(O)OC1[C@H](O)[C@H](O)C(O)[C@H](O)[C@H]1O)OC(=O)CCCCCCC/C=C\CC1OC1CCCCC. The van der Waals surface area contributed by atoms with Crippen molar-refractivity contribution >= 4 is 19.8 Å². The molecule has 1 aliphatic carbocycles. The van der Waals surface area contributed by atoms with Crippen LogP contribution < -0.4 is 0 Å². The van der Waals surface area contributed by atoms with Crippen LogP contribution in [0.5, 0.6) is 0 Å². The molecule has 0 aromatic carbocycles. The molecule has 0 spiro atoms. The molecule has 1 saturated carbocycles. The monoisotopic (exact) mass is 931 g/mol. The van der Waals surface area contributed by atoms with Crippen molar-refractivity contribution in [3.63, 3.8) is 0 Å². The van der Waals surface area contributed by atoms with Gasteiger partial charge in [0, 0.05) is 12.8 Å². The van der Waals surface area contributed by atoms with Crippen LogP contribution in [-0.4, -0.2) is 111 Å². The van der Waals surface area contributed by atoms with Gasteiger partial charge in [-0.25, -0.2) is 4.57 Å². The Morgan fingerprint density at radius 3 is 1.59 bits per heavy atom. The first kappa shape index (κ1) is 58.2. The molecule has 0 aromatic heterocycles. The van der Waals surface area contributed by atoms with Crippen LogP contribution in [0, 0.1) is 0 Å². The minimum absolute atomic E-state index is 0.0751. The molecule has 6 N–H and O–H groups in total. The maximum atomic E-state index is 12.8. The van der Waals surface area contributed by atoms with Crippen molar-refractivity contribution < 1.29 is 67.8 Å². The number of carbonyl (C=O) groups excluding carboxylic acids is 2. The number of ether oxygens (including phenoxy) is 3. The van der Waals surface area contributed by atoms with Gasteiger partial charge in [0.15, 0.2) is 6.10 Å². The molecule has 5 unspecified atom stereocenters. The molecule has 64 heavy (non-hydrogen) atoms. The van der Waals surface area contributed by atoms with Crippen LogP contribution in [0.15, 0.2) is 36.5 Å². The summed E-state index contributed by atoms with van der Waals surface area (Å²) < 4.78 is 39.3. The summed E-state index contributed by atoms with van der Waals surface area (Å²) in [5.41, 5.74) is 0. The number of unbranched alkanes of at least 4 members (excludes halogenated alkanes) is 19. The van der Waals surface area contributed by atoms with Gasteiger partial charge in [-0.2, -0.15) is 0 Å². The molecule has 372 valence electrons. The van der Waals surface area contributed by atoms with Gasteiger partial charge >= 0.3 is 19.8 Å². The largest absolute Gasteiger partial charge is 0.472 e. The number of hydrogen-bond donors (Lipinski definition) is 6. The van der Waals surface area contributed by atoms with Gasteiger partial charge in [0.25, 0.3) is 0 Å². The van der Waals surface area contributed by atoms with Crippen molar-refractivity contribution in [1.29, 1.82) is 0 Å². The van der Waals surface area contributed by atoms with Gasteiger partial charge in [-0.05, 0) is 70.6 Å². The molecule has 1 aliphatic heterocycles. The van der Waals surface area contributed by atoms with Gasteiger partial charge in [-0.3, -0.25) is 18.6 Å². The molecule has 1 heterocycles. The lowest BCUT2D eigenvalue weighted by atomic mass is 9.85. The molecule has 2 fully saturated rings. The number of aliphatic hydroxyl groups is 5. The quantitative estimate of drug-likeness (QED) is 0.0111. The molecule has 0 amide bonds. The fourth-order valence-electron chi connectivity index (χ4n) is 7.74. The number of epoxide rings is 1. The van der Waals surface area contributed by atoms with E-state index in [1.54, 1.807) is 0 Å². The van der Waals surface area contributed by atoms with Gasteiger partial charge < -0.3 is 44.6 Å². The Bertz CT molecular complexity index is 1330. The Morgan fingerprint density at radius 1 is 0.562 bits per heavy atom. The van der Waals surface area contributed by atoms with E-state index in [4.69, 9.17) is 23.3 Å². The number of phosphoric ester groups is 1. The van der Waals surface area contributed by atoms with Crippen LogP contribution in [-0.2, 0) is 37.4 Å². The predicted molar refractivity (Wildman–Crippen MR) is 248 cm³/mol. The molecule has 14 nitrogen and oxygen atoms in total. The van der Waals surface area contributed by atoms with Crippen molar-refractivity contribution in [3.05, 3.63) is 36.5 Å². The second-order valence-electron chi connectivity index (χ2n) is 17.7. The highest BCUT2D eigenvalue weighted by Gasteiger charge is 2.51. The molecule has 1 saturated heterocycles. The molecule has 2 rings (SSSR count). The van der Waals surface area contributed by atoms with E-state index in [0.717, 1.165) is 83.5 Å². The van der Waals surface area contributed by atoms with Crippen molar-refractivity contribution in [2.75, 3.05) is 13.2 Å². The molecular formula is C49H87O14P. The third-order valence-corrected chi connectivity index (χ3v) is 12.9. The highest BCUT2D eigenvalue weighted by atomic mass is 31.2. The fourth-order valence-corrected chi connectivity index (χ4v) is 8.71. The van der Waals surface area contributed by atoms with Crippen LogP contribution in [0.3, 0.4) is 0 Å². The predicted octanol–water partition coefficient (Wildman–Crippen LogP) is 9.16. The minimum atomic E-state index is -5.13. The second kappa shape index (κ2) is 36.1. The number of aliphatic hydroxyl groups excluding tert-OH is 5. The Morgan fingerprint density at radius 2 is 1.03 bits per heavy atom. The first-order chi connectivity index (χ1) is 30.9. The summed E-state index contributed by atoms with van der Waals surface area (Å²) in [6, 6.07) is 0. The van der Waals surface area contributed by atoms with Crippen LogP contribution >= 0.6 is 7.82 Å². The zero-order valence-electron chi connectivity index (χ0n) is 39.3.